The van der Waals surface area contributed by atoms with Crippen molar-refractivity contribution in [1.82, 2.24) is 15.4 Å². The normalized spacial score (nSPS) is 17.9. The summed E-state index contributed by atoms with van der Waals surface area (Å²) >= 11 is 0. The Labute approximate surface area is 123 Å². The molecule has 2 rings (SSSR count). The molecule has 0 aromatic carbocycles. The number of hydrogen-bond donors (Lipinski definition) is 1. The Morgan fingerprint density at radius 2 is 2.24 bits per heavy atom. The molecule has 0 spiro atoms. The fourth-order valence-electron chi connectivity index (χ4n) is 2.74. The quantitative estimate of drug-likeness (QED) is 0.855. The molecule has 1 aliphatic heterocycles. The van der Waals surface area contributed by atoms with E-state index in [4.69, 9.17) is 9.26 Å². The Bertz CT molecular complexity index is 507. The summed E-state index contributed by atoms with van der Waals surface area (Å²) in [5, 5.41) is 6.55. The molecular weight excluding hydrogens is 274 g/mol. The van der Waals surface area contributed by atoms with E-state index >= 15 is 0 Å². The molecule has 21 heavy (non-hydrogen) atoms. The van der Waals surface area contributed by atoms with Crippen LogP contribution in [0.15, 0.2) is 4.52 Å². The molecule has 2 heterocycles. The maximum atomic E-state index is 12.2. The zero-order valence-corrected chi connectivity index (χ0v) is 12.6. The molecular formula is C14H21N3O4. The standard InChI is InChI=1S/C14H21N3O4/c1-4-20-12(18)8-15-14(19)17-7-5-6-11(17)13-9(2)16-21-10(13)3/h11H,4-8H2,1-3H3,(H,15,19)/t11-/m1/s1. The number of aromatic nitrogens is 1. The number of rotatable bonds is 4. The van der Waals surface area contributed by atoms with E-state index in [0.29, 0.717) is 13.2 Å². The van der Waals surface area contributed by atoms with Crippen molar-refractivity contribution >= 4 is 12.0 Å². The summed E-state index contributed by atoms with van der Waals surface area (Å²) in [6, 6.07) is -0.302. The maximum Gasteiger partial charge on any atom is 0.325 e. The van der Waals surface area contributed by atoms with Crippen LogP contribution in [-0.4, -0.2) is 41.8 Å². The molecule has 1 aromatic heterocycles. The van der Waals surface area contributed by atoms with E-state index in [0.717, 1.165) is 29.9 Å². The SMILES string of the molecule is CCOC(=O)CNC(=O)N1CCC[C@@H]1c1c(C)noc1C. The van der Waals surface area contributed by atoms with Gasteiger partial charge in [0.25, 0.3) is 0 Å². The smallest absolute Gasteiger partial charge is 0.325 e. The third kappa shape index (κ3) is 3.34. The van der Waals surface area contributed by atoms with Crippen LogP contribution in [0.3, 0.4) is 0 Å². The minimum absolute atomic E-state index is 0.0431. The second-order valence-corrected chi connectivity index (χ2v) is 5.05. The fourth-order valence-corrected chi connectivity index (χ4v) is 2.74. The molecule has 1 N–H and O–H groups in total. The summed E-state index contributed by atoms with van der Waals surface area (Å²) in [6.45, 7) is 6.30. The van der Waals surface area contributed by atoms with Gasteiger partial charge >= 0.3 is 12.0 Å². The Balaban J connectivity index is 2.02. The molecule has 0 bridgehead atoms. The average molecular weight is 295 g/mol. The van der Waals surface area contributed by atoms with Gasteiger partial charge in [-0.3, -0.25) is 4.79 Å². The van der Waals surface area contributed by atoms with Gasteiger partial charge in [-0.05, 0) is 33.6 Å². The van der Waals surface area contributed by atoms with Gasteiger partial charge in [-0.1, -0.05) is 5.16 Å². The van der Waals surface area contributed by atoms with E-state index < -0.39 is 5.97 Å². The first kappa shape index (κ1) is 15.3. The highest BCUT2D eigenvalue weighted by Crippen LogP contribution is 2.35. The second-order valence-electron chi connectivity index (χ2n) is 5.05. The van der Waals surface area contributed by atoms with Crippen molar-refractivity contribution in [2.24, 2.45) is 0 Å². The number of urea groups is 1. The molecule has 2 amide bonds. The van der Waals surface area contributed by atoms with Gasteiger partial charge in [0.15, 0.2) is 0 Å². The van der Waals surface area contributed by atoms with Crippen LogP contribution >= 0.6 is 0 Å². The first-order chi connectivity index (χ1) is 10.0. The van der Waals surface area contributed by atoms with Crippen LogP contribution < -0.4 is 5.32 Å². The summed E-state index contributed by atoms with van der Waals surface area (Å²) in [4.78, 5) is 25.3. The largest absolute Gasteiger partial charge is 0.465 e. The van der Waals surface area contributed by atoms with Gasteiger partial charge in [-0.15, -0.1) is 0 Å². The van der Waals surface area contributed by atoms with Crippen LogP contribution in [-0.2, 0) is 9.53 Å². The monoisotopic (exact) mass is 295 g/mol. The van der Waals surface area contributed by atoms with Crippen LogP contribution in [0.5, 0.6) is 0 Å². The number of hydrogen-bond acceptors (Lipinski definition) is 5. The van der Waals surface area contributed by atoms with Gasteiger partial charge in [0, 0.05) is 12.1 Å². The maximum absolute atomic E-state index is 12.2. The second kappa shape index (κ2) is 6.60. The summed E-state index contributed by atoms with van der Waals surface area (Å²) in [6.07, 6.45) is 1.79. The fraction of sp³-hybridized carbons (Fsp3) is 0.643. The van der Waals surface area contributed by atoms with Crippen molar-refractivity contribution in [2.45, 2.75) is 39.7 Å². The number of amides is 2. The number of nitrogens with one attached hydrogen (secondary N) is 1. The third-order valence-corrected chi connectivity index (χ3v) is 3.62. The van der Waals surface area contributed by atoms with E-state index in [-0.39, 0.29) is 18.6 Å². The Hall–Kier alpha value is -2.05. The lowest BCUT2D eigenvalue weighted by molar-refractivity contribution is -0.141. The number of nitrogens with zero attached hydrogens (tertiary/aromatic N) is 2. The molecule has 1 atom stereocenters. The van der Waals surface area contributed by atoms with E-state index in [1.165, 1.54) is 0 Å². The summed E-state index contributed by atoms with van der Waals surface area (Å²) < 4.78 is 9.98. The lowest BCUT2D eigenvalue weighted by Gasteiger charge is -2.24. The summed E-state index contributed by atoms with van der Waals surface area (Å²) in [7, 11) is 0. The number of carbonyl (C=O) groups is 2. The zero-order valence-electron chi connectivity index (χ0n) is 12.6. The van der Waals surface area contributed by atoms with E-state index in [1.807, 2.05) is 13.8 Å². The lowest BCUT2D eigenvalue weighted by atomic mass is 10.0. The molecule has 0 unspecified atom stereocenters. The van der Waals surface area contributed by atoms with Crippen LogP contribution in [0, 0.1) is 13.8 Å². The van der Waals surface area contributed by atoms with Crippen molar-refractivity contribution in [3.05, 3.63) is 17.0 Å². The number of esters is 1. The molecule has 7 heteroatoms. The predicted molar refractivity (Wildman–Crippen MR) is 74.7 cm³/mol. The van der Waals surface area contributed by atoms with Gasteiger partial charge in [0.1, 0.15) is 12.3 Å². The summed E-state index contributed by atoms with van der Waals surface area (Å²) in [5.41, 5.74) is 1.78. The molecule has 1 saturated heterocycles. The van der Waals surface area contributed by atoms with E-state index in [1.54, 1.807) is 11.8 Å². The lowest BCUT2D eigenvalue weighted by Crippen LogP contribution is -2.42. The van der Waals surface area contributed by atoms with Gasteiger partial charge in [-0.2, -0.15) is 0 Å². The van der Waals surface area contributed by atoms with Gasteiger partial charge in [-0.25, -0.2) is 4.79 Å². The molecule has 7 nitrogen and oxygen atoms in total. The van der Waals surface area contributed by atoms with Gasteiger partial charge < -0.3 is 19.5 Å². The van der Waals surface area contributed by atoms with Crippen molar-refractivity contribution in [3.63, 3.8) is 0 Å². The summed E-state index contributed by atoms with van der Waals surface area (Å²) in [5.74, 6) is 0.307. The molecule has 0 aliphatic carbocycles. The number of carbonyl (C=O) groups excluding carboxylic acids is 2. The van der Waals surface area contributed by atoms with Crippen LogP contribution in [0.4, 0.5) is 4.79 Å². The Morgan fingerprint density at radius 1 is 1.48 bits per heavy atom. The van der Waals surface area contributed by atoms with E-state index in [2.05, 4.69) is 10.5 Å². The number of ether oxygens (including phenoxy) is 1. The molecule has 1 fully saturated rings. The van der Waals surface area contributed by atoms with Crippen LogP contribution in [0.2, 0.25) is 0 Å². The first-order valence-electron chi connectivity index (χ1n) is 7.17. The number of aryl methyl sites for hydroxylation is 2. The average Bonchev–Trinajstić information content (AvgIpc) is 3.03. The highest BCUT2D eigenvalue weighted by molar-refractivity contribution is 5.81. The number of likely N-dealkylation sites (tertiary alicyclic amines) is 1. The highest BCUT2D eigenvalue weighted by Gasteiger charge is 2.33. The van der Waals surface area contributed by atoms with Crippen LogP contribution in [0.1, 0.15) is 42.8 Å². The zero-order chi connectivity index (χ0) is 15.4. The molecule has 0 radical (unpaired) electrons. The van der Waals surface area contributed by atoms with Crippen molar-refractivity contribution in [2.75, 3.05) is 19.7 Å². The minimum atomic E-state index is -0.432. The van der Waals surface area contributed by atoms with Crippen molar-refractivity contribution in [3.8, 4) is 0 Å². The van der Waals surface area contributed by atoms with Crippen molar-refractivity contribution in [1.29, 1.82) is 0 Å². The minimum Gasteiger partial charge on any atom is -0.465 e. The van der Waals surface area contributed by atoms with Gasteiger partial charge in [0.05, 0.1) is 18.3 Å². The molecule has 1 aromatic rings. The molecule has 1 aliphatic rings. The van der Waals surface area contributed by atoms with E-state index in [9.17, 15) is 9.59 Å². The predicted octanol–water partition coefficient (Wildman–Crippen LogP) is 1.70. The Kier molecular flexibility index (Phi) is 4.82. The highest BCUT2D eigenvalue weighted by atomic mass is 16.5. The van der Waals surface area contributed by atoms with Crippen molar-refractivity contribution < 1.29 is 18.8 Å². The van der Waals surface area contributed by atoms with Crippen LogP contribution in [0.25, 0.3) is 0 Å². The topological polar surface area (TPSA) is 84.7 Å². The van der Waals surface area contributed by atoms with Gasteiger partial charge in [0.2, 0.25) is 0 Å². The third-order valence-electron chi connectivity index (χ3n) is 3.62. The molecule has 0 saturated carbocycles. The first-order valence-corrected chi connectivity index (χ1v) is 7.17. The molecule has 116 valence electrons. The Morgan fingerprint density at radius 3 is 2.86 bits per heavy atom.